The maximum atomic E-state index is 5.95. The van der Waals surface area contributed by atoms with Gasteiger partial charge in [-0.1, -0.05) is 29.4 Å². The maximum absolute atomic E-state index is 5.95. The van der Waals surface area contributed by atoms with E-state index in [-0.39, 0.29) is 0 Å². The molecule has 0 spiro atoms. The molecule has 0 saturated heterocycles. The van der Waals surface area contributed by atoms with Crippen LogP contribution in [-0.2, 0) is 0 Å². The standard InChI is InChI=1S/C12H6ClIN2S2/c13-9-4-5-10(17-9)18-12-11-7(14)2-1-3-8(11)15-6-16-12/h1-6H. The van der Waals surface area contributed by atoms with Crippen LogP contribution in [0.4, 0.5) is 0 Å². The minimum absolute atomic E-state index is 0.797. The van der Waals surface area contributed by atoms with Crippen molar-refractivity contribution in [3.8, 4) is 0 Å². The average molecular weight is 405 g/mol. The maximum Gasteiger partial charge on any atom is 0.117 e. The van der Waals surface area contributed by atoms with E-state index < -0.39 is 0 Å². The number of fused-ring (bicyclic) bond motifs is 1. The molecule has 0 aliphatic heterocycles. The fourth-order valence-corrected chi connectivity index (χ4v) is 4.82. The van der Waals surface area contributed by atoms with Crippen LogP contribution in [0.5, 0.6) is 0 Å². The van der Waals surface area contributed by atoms with Gasteiger partial charge in [-0.05, 0) is 46.9 Å². The molecule has 0 saturated carbocycles. The summed E-state index contributed by atoms with van der Waals surface area (Å²) in [5, 5.41) is 2.08. The predicted molar refractivity (Wildman–Crippen MR) is 85.7 cm³/mol. The number of hydrogen-bond acceptors (Lipinski definition) is 4. The first-order chi connectivity index (χ1) is 8.74. The number of thiophene rings is 1. The Labute approximate surface area is 131 Å². The van der Waals surface area contributed by atoms with Gasteiger partial charge in [0.05, 0.1) is 14.1 Å². The molecule has 0 aliphatic rings. The van der Waals surface area contributed by atoms with Gasteiger partial charge in [0, 0.05) is 8.96 Å². The number of rotatable bonds is 2. The lowest BCUT2D eigenvalue weighted by molar-refractivity contribution is 1.10. The van der Waals surface area contributed by atoms with Crippen LogP contribution in [0.15, 0.2) is 45.9 Å². The van der Waals surface area contributed by atoms with Gasteiger partial charge >= 0.3 is 0 Å². The highest BCUT2D eigenvalue weighted by molar-refractivity contribution is 14.1. The Morgan fingerprint density at radius 2 is 2.06 bits per heavy atom. The van der Waals surface area contributed by atoms with Gasteiger partial charge in [-0.3, -0.25) is 0 Å². The van der Waals surface area contributed by atoms with Gasteiger partial charge in [0.15, 0.2) is 0 Å². The molecule has 0 unspecified atom stereocenters. The lowest BCUT2D eigenvalue weighted by atomic mass is 10.2. The van der Waals surface area contributed by atoms with Crippen LogP contribution < -0.4 is 0 Å². The van der Waals surface area contributed by atoms with E-state index in [1.54, 1.807) is 29.4 Å². The molecule has 0 N–H and O–H groups in total. The smallest absolute Gasteiger partial charge is 0.117 e. The number of benzene rings is 1. The Bertz CT molecular complexity index is 709. The molecule has 3 aromatic rings. The van der Waals surface area contributed by atoms with Crippen LogP contribution in [0.25, 0.3) is 10.9 Å². The quantitative estimate of drug-likeness (QED) is 0.439. The zero-order valence-electron chi connectivity index (χ0n) is 8.93. The largest absolute Gasteiger partial charge is 0.236 e. The molecule has 0 fully saturated rings. The van der Waals surface area contributed by atoms with Gasteiger partial charge in [0.1, 0.15) is 11.4 Å². The molecule has 0 atom stereocenters. The summed E-state index contributed by atoms with van der Waals surface area (Å²) < 4.78 is 3.10. The normalized spacial score (nSPS) is 11.0. The van der Waals surface area contributed by atoms with Crippen molar-refractivity contribution in [1.29, 1.82) is 0 Å². The van der Waals surface area contributed by atoms with E-state index in [1.165, 1.54) is 0 Å². The molecule has 2 nitrogen and oxygen atoms in total. The van der Waals surface area contributed by atoms with Crippen molar-refractivity contribution < 1.29 is 0 Å². The third-order valence-corrected chi connectivity index (χ3v) is 5.59. The minimum atomic E-state index is 0.797. The van der Waals surface area contributed by atoms with E-state index in [9.17, 15) is 0 Å². The van der Waals surface area contributed by atoms with Gasteiger partial charge in [-0.25, -0.2) is 9.97 Å². The lowest BCUT2D eigenvalue weighted by Crippen LogP contribution is -1.88. The van der Waals surface area contributed by atoms with Gasteiger partial charge in [-0.2, -0.15) is 0 Å². The van der Waals surface area contributed by atoms with Crippen molar-refractivity contribution in [2.75, 3.05) is 0 Å². The molecule has 0 amide bonds. The van der Waals surface area contributed by atoms with Crippen LogP contribution in [0, 0.1) is 3.57 Å². The highest BCUT2D eigenvalue weighted by Gasteiger charge is 2.09. The fraction of sp³-hybridized carbons (Fsp3) is 0. The molecule has 90 valence electrons. The Kier molecular flexibility index (Phi) is 3.74. The van der Waals surface area contributed by atoms with E-state index in [0.29, 0.717) is 0 Å². The fourth-order valence-electron chi connectivity index (χ4n) is 1.57. The number of hydrogen-bond donors (Lipinski definition) is 0. The highest BCUT2D eigenvalue weighted by Crippen LogP contribution is 2.38. The molecule has 0 aliphatic carbocycles. The monoisotopic (exact) mass is 404 g/mol. The second kappa shape index (κ2) is 5.32. The molecule has 0 radical (unpaired) electrons. The number of halogens is 2. The Balaban J connectivity index is 2.11. The van der Waals surface area contributed by atoms with Crippen molar-refractivity contribution in [2.45, 2.75) is 9.24 Å². The summed E-state index contributed by atoms with van der Waals surface area (Å²) in [5.74, 6) is 0. The number of nitrogens with zero attached hydrogens (tertiary/aromatic N) is 2. The molecule has 1 aromatic carbocycles. The molecule has 6 heteroatoms. The van der Waals surface area contributed by atoms with Crippen molar-refractivity contribution >= 4 is 68.2 Å². The summed E-state index contributed by atoms with van der Waals surface area (Å²) >= 11 is 11.5. The second-order valence-corrected chi connectivity index (χ2v) is 7.64. The molecule has 0 bridgehead atoms. The minimum Gasteiger partial charge on any atom is -0.236 e. The Morgan fingerprint density at radius 1 is 1.17 bits per heavy atom. The highest BCUT2D eigenvalue weighted by atomic mass is 127. The zero-order valence-corrected chi connectivity index (χ0v) is 13.5. The first kappa shape index (κ1) is 12.7. The summed E-state index contributed by atoms with van der Waals surface area (Å²) in [4.78, 5) is 8.68. The lowest BCUT2D eigenvalue weighted by Gasteiger charge is -2.04. The summed E-state index contributed by atoms with van der Waals surface area (Å²) in [6.45, 7) is 0. The summed E-state index contributed by atoms with van der Waals surface area (Å²) in [6, 6.07) is 10.0. The van der Waals surface area contributed by atoms with Gasteiger partial charge in [0.2, 0.25) is 0 Å². The average Bonchev–Trinajstić information content (AvgIpc) is 2.75. The molecule has 3 rings (SSSR count). The van der Waals surface area contributed by atoms with E-state index in [4.69, 9.17) is 11.6 Å². The van der Waals surface area contributed by atoms with Crippen LogP contribution in [0.2, 0.25) is 4.34 Å². The molecule has 18 heavy (non-hydrogen) atoms. The summed E-state index contributed by atoms with van der Waals surface area (Å²) in [5.41, 5.74) is 0.974. The van der Waals surface area contributed by atoms with Crippen molar-refractivity contribution in [3.63, 3.8) is 0 Å². The molecular formula is C12H6ClIN2S2. The molecular weight excluding hydrogens is 399 g/mol. The van der Waals surface area contributed by atoms with E-state index >= 15 is 0 Å². The van der Waals surface area contributed by atoms with Crippen molar-refractivity contribution in [3.05, 3.63) is 44.6 Å². The second-order valence-electron chi connectivity index (χ2n) is 3.47. The van der Waals surface area contributed by atoms with Crippen molar-refractivity contribution in [1.82, 2.24) is 9.97 Å². The van der Waals surface area contributed by atoms with Crippen LogP contribution in [-0.4, -0.2) is 9.97 Å². The SMILES string of the molecule is Clc1ccc(Sc2ncnc3cccc(I)c23)s1. The zero-order chi connectivity index (χ0) is 12.5. The van der Waals surface area contributed by atoms with Gasteiger partial charge < -0.3 is 0 Å². The topological polar surface area (TPSA) is 25.8 Å². The third kappa shape index (κ3) is 2.49. The summed E-state index contributed by atoms with van der Waals surface area (Å²) in [7, 11) is 0. The van der Waals surface area contributed by atoms with Crippen LogP contribution >= 0.6 is 57.3 Å². The van der Waals surface area contributed by atoms with E-state index in [2.05, 4.69) is 38.6 Å². The first-order valence-electron chi connectivity index (χ1n) is 5.06. The third-order valence-electron chi connectivity index (χ3n) is 2.32. The van der Waals surface area contributed by atoms with Crippen LogP contribution in [0.3, 0.4) is 0 Å². The Morgan fingerprint density at radius 3 is 2.83 bits per heavy atom. The van der Waals surface area contributed by atoms with E-state index in [0.717, 1.165) is 28.0 Å². The molecule has 2 aromatic heterocycles. The van der Waals surface area contributed by atoms with Gasteiger partial charge in [0.25, 0.3) is 0 Å². The Hall–Kier alpha value is -0.370. The first-order valence-corrected chi connectivity index (χ1v) is 8.15. The van der Waals surface area contributed by atoms with E-state index in [1.807, 2.05) is 24.3 Å². The van der Waals surface area contributed by atoms with Crippen molar-refractivity contribution in [2.24, 2.45) is 0 Å². The number of aromatic nitrogens is 2. The predicted octanol–water partition coefficient (Wildman–Crippen LogP) is 5.10. The summed E-state index contributed by atoms with van der Waals surface area (Å²) in [6.07, 6.45) is 1.61. The van der Waals surface area contributed by atoms with Crippen LogP contribution in [0.1, 0.15) is 0 Å². The molecule has 2 heterocycles. The van der Waals surface area contributed by atoms with Gasteiger partial charge in [-0.15, -0.1) is 11.3 Å².